The number of fused-ring (bicyclic) bond motifs is 1. The van der Waals surface area contributed by atoms with Crippen LogP contribution in [0.1, 0.15) is 85.5 Å². The maximum atomic E-state index is 14.0. The molecule has 0 aromatic carbocycles. The fourth-order valence-corrected chi connectivity index (χ4v) is 9.70. The summed E-state index contributed by atoms with van der Waals surface area (Å²) in [6.07, 6.45) is 5.57. The zero-order chi connectivity index (χ0) is 28.8. The number of halogens is 2. The predicted molar refractivity (Wildman–Crippen MR) is 137 cm³/mol. The number of esters is 3. The van der Waals surface area contributed by atoms with Crippen molar-refractivity contribution in [3.05, 3.63) is 0 Å². The zero-order valence-electron chi connectivity index (χ0n) is 23.8. The summed E-state index contributed by atoms with van der Waals surface area (Å²) in [7, 11) is 0. The molecule has 6 bridgehead atoms. The molecule has 6 saturated carbocycles. The molecule has 10 heteroatoms. The molecule has 0 aromatic rings. The molecular weight excluding hydrogens is 524 g/mol. The quantitative estimate of drug-likeness (QED) is 0.320. The molecule has 6 unspecified atom stereocenters. The highest BCUT2D eigenvalue weighted by Crippen LogP contribution is 2.62. The third-order valence-electron chi connectivity index (χ3n) is 10.5. The van der Waals surface area contributed by atoms with Crippen LogP contribution in [0.3, 0.4) is 0 Å². The molecule has 6 aliphatic carbocycles. The molecule has 7 aliphatic rings. The number of carbonyl (C=O) groups excluding carboxylic acids is 4. The Morgan fingerprint density at radius 3 is 2.02 bits per heavy atom. The van der Waals surface area contributed by atoms with Crippen molar-refractivity contribution < 1.29 is 42.2 Å². The van der Waals surface area contributed by atoms with Crippen LogP contribution in [0.2, 0.25) is 0 Å². The molecule has 0 radical (unpaired) electrons. The lowest BCUT2D eigenvalue weighted by Gasteiger charge is -2.56. The molecule has 40 heavy (non-hydrogen) atoms. The summed E-state index contributed by atoms with van der Waals surface area (Å²) in [5.74, 6) is -4.90. The van der Waals surface area contributed by atoms with Gasteiger partial charge in [0.25, 0.3) is 5.92 Å². The average Bonchev–Trinajstić information content (AvgIpc) is 3.42. The number of hydrogen-bond acceptors (Lipinski definition) is 7. The second-order valence-electron chi connectivity index (χ2n) is 14.7. The minimum Gasteiger partial charge on any atom is -0.460 e. The number of carbonyl (C=O) groups is 4. The summed E-state index contributed by atoms with van der Waals surface area (Å²) in [6, 6.07) is -0.346. The average molecular weight is 566 g/mol. The van der Waals surface area contributed by atoms with E-state index in [4.69, 9.17) is 9.47 Å². The third-order valence-corrected chi connectivity index (χ3v) is 10.5. The second-order valence-corrected chi connectivity index (χ2v) is 14.7. The van der Waals surface area contributed by atoms with Crippen molar-refractivity contribution in [3.8, 4) is 0 Å². The fraction of sp³-hybridized carbons (Fsp3) is 0.867. The lowest BCUT2D eigenvalue weighted by Crippen LogP contribution is -2.54. The number of nitrogens with zero attached hydrogens (tertiary/aromatic N) is 1. The van der Waals surface area contributed by atoms with Gasteiger partial charge in [0.2, 0.25) is 5.91 Å². The maximum absolute atomic E-state index is 14.0. The van der Waals surface area contributed by atoms with Crippen molar-refractivity contribution in [3.63, 3.8) is 0 Å². The van der Waals surface area contributed by atoms with Crippen LogP contribution in [0, 0.1) is 41.4 Å². The SMILES string of the molecule is CC(F)(F)COC(=O)CCC(=O)OC1C2CC3C(C(=O)N(C(C)(C)C)C31)C2C(=O)OC12CC3CC(CC(C3)C1)C2. The van der Waals surface area contributed by atoms with E-state index in [0.29, 0.717) is 31.1 Å². The van der Waals surface area contributed by atoms with E-state index in [1.165, 1.54) is 19.3 Å². The largest absolute Gasteiger partial charge is 0.460 e. The Morgan fingerprint density at radius 1 is 0.900 bits per heavy atom. The topological polar surface area (TPSA) is 99.2 Å². The molecule has 7 rings (SSSR count). The van der Waals surface area contributed by atoms with Gasteiger partial charge in [-0.3, -0.25) is 19.2 Å². The summed E-state index contributed by atoms with van der Waals surface area (Å²) in [4.78, 5) is 54.3. The monoisotopic (exact) mass is 565 g/mol. The first-order valence-electron chi connectivity index (χ1n) is 14.9. The van der Waals surface area contributed by atoms with Gasteiger partial charge in [0, 0.05) is 18.4 Å². The maximum Gasteiger partial charge on any atom is 0.310 e. The van der Waals surface area contributed by atoms with E-state index in [9.17, 15) is 28.0 Å². The third kappa shape index (κ3) is 4.81. The van der Waals surface area contributed by atoms with Crippen molar-refractivity contribution in [2.45, 2.75) is 115 Å². The van der Waals surface area contributed by atoms with Crippen molar-refractivity contribution in [1.29, 1.82) is 0 Å². The molecule has 1 amide bonds. The first kappa shape index (κ1) is 27.9. The predicted octanol–water partition coefficient (Wildman–Crippen LogP) is 4.28. The minimum atomic E-state index is -3.15. The van der Waals surface area contributed by atoms with Gasteiger partial charge in [-0.15, -0.1) is 0 Å². The number of hydrogen-bond donors (Lipinski definition) is 0. The number of likely N-dealkylation sites (tertiary alicyclic amines) is 1. The molecule has 7 fully saturated rings. The number of alkyl halides is 2. The van der Waals surface area contributed by atoms with Gasteiger partial charge in [0.15, 0.2) is 6.61 Å². The van der Waals surface area contributed by atoms with Gasteiger partial charge in [-0.05, 0) is 89.4 Å². The summed E-state index contributed by atoms with van der Waals surface area (Å²) < 4.78 is 42.9. The number of rotatable bonds is 8. The van der Waals surface area contributed by atoms with Crippen LogP contribution in [0.4, 0.5) is 8.78 Å². The normalized spacial score (nSPS) is 41.0. The summed E-state index contributed by atoms with van der Waals surface area (Å²) in [5, 5.41) is 0. The Balaban J connectivity index is 1.17. The molecule has 222 valence electrons. The van der Waals surface area contributed by atoms with E-state index < -0.39 is 53.5 Å². The lowest BCUT2D eigenvalue weighted by atomic mass is 9.54. The molecule has 0 aromatic heterocycles. The van der Waals surface area contributed by atoms with Crippen molar-refractivity contribution in [2.24, 2.45) is 41.4 Å². The van der Waals surface area contributed by atoms with E-state index in [2.05, 4.69) is 4.74 Å². The van der Waals surface area contributed by atoms with E-state index in [1.807, 2.05) is 20.8 Å². The van der Waals surface area contributed by atoms with Crippen LogP contribution in [0.5, 0.6) is 0 Å². The van der Waals surface area contributed by atoms with Crippen LogP contribution >= 0.6 is 0 Å². The number of ether oxygens (including phenoxy) is 3. The Kier molecular flexibility index (Phi) is 6.54. The van der Waals surface area contributed by atoms with Crippen molar-refractivity contribution in [1.82, 2.24) is 4.90 Å². The van der Waals surface area contributed by atoms with Crippen molar-refractivity contribution >= 4 is 23.8 Å². The Bertz CT molecular complexity index is 1060. The minimum absolute atomic E-state index is 0.0833. The first-order chi connectivity index (χ1) is 18.6. The van der Waals surface area contributed by atoms with Gasteiger partial charge in [0.05, 0.1) is 30.7 Å². The van der Waals surface area contributed by atoms with Gasteiger partial charge in [-0.2, -0.15) is 0 Å². The molecule has 8 nitrogen and oxygen atoms in total. The number of amides is 1. The molecule has 0 N–H and O–H groups in total. The Labute approximate surface area is 233 Å². The molecule has 1 aliphatic heterocycles. The fourth-order valence-electron chi connectivity index (χ4n) is 9.70. The van der Waals surface area contributed by atoms with Crippen LogP contribution in [-0.2, 0) is 33.4 Å². The van der Waals surface area contributed by atoms with Crippen LogP contribution in [0.15, 0.2) is 0 Å². The highest BCUT2D eigenvalue weighted by molar-refractivity contribution is 5.91. The Hall–Kier alpha value is -2.26. The van der Waals surface area contributed by atoms with Crippen molar-refractivity contribution in [2.75, 3.05) is 6.61 Å². The van der Waals surface area contributed by atoms with Crippen LogP contribution in [-0.4, -0.2) is 64.5 Å². The summed E-state index contributed by atoms with van der Waals surface area (Å²) in [5.41, 5.74) is -0.970. The molecular formula is C30H41F2NO7. The molecule has 1 saturated heterocycles. The zero-order valence-corrected chi connectivity index (χ0v) is 23.8. The standard InChI is InChI=1S/C30H41F2NO7/c1-28(2,3)33-24-18-10-19(25(24)39-21(35)6-5-20(34)38-14-29(4,31)32)23(22(18)26(33)36)27(37)40-30-11-15-7-16(12-30)9-17(8-15)13-30/h15-19,22-25H,5-14H2,1-4H3. The smallest absolute Gasteiger partial charge is 0.310 e. The van der Waals surface area contributed by atoms with Gasteiger partial charge < -0.3 is 19.1 Å². The van der Waals surface area contributed by atoms with Gasteiger partial charge in [0.1, 0.15) is 11.7 Å². The van der Waals surface area contributed by atoms with E-state index in [0.717, 1.165) is 19.3 Å². The summed E-state index contributed by atoms with van der Waals surface area (Å²) in [6.45, 7) is 5.40. The molecule has 0 spiro atoms. The second kappa shape index (κ2) is 9.38. The van der Waals surface area contributed by atoms with E-state index in [-0.39, 0.29) is 42.6 Å². The van der Waals surface area contributed by atoms with Crippen LogP contribution < -0.4 is 0 Å². The molecule has 6 atom stereocenters. The first-order valence-corrected chi connectivity index (χ1v) is 14.9. The Morgan fingerprint density at radius 2 is 1.48 bits per heavy atom. The molecule has 1 heterocycles. The van der Waals surface area contributed by atoms with Gasteiger partial charge in [-0.25, -0.2) is 8.78 Å². The highest BCUT2D eigenvalue weighted by Gasteiger charge is 2.72. The van der Waals surface area contributed by atoms with E-state index in [1.54, 1.807) is 4.90 Å². The highest BCUT2D eigenvalue weighted by atomic mass is 19.3. The summed E-state index contributed by atoms with van der Waals surface area (Å²) >= 11 is 0. The van der Waals surface area contributed by atoms with Gasteiger partial charge in [-0.1, -0.05) is 0 Å². The van der Waals surface area contributed by atoms with Crippen LogP contribution in [0.25, 0.3) is 0 Å². The lowest BCUT2D eigenvalue weighted by molar-refractivity contribution is -0.196. The van der Waals surface area contributed by atoms with Gasteiger partial charge >= 0.3 is 17.9 Å². The van der Waals surface area contributed by atoms with E-state index >= 15 is 0 Å².